The van der Waals surface area contributed by atoms with Crippen molar-refractivity contribution >= 4 is 0 Å². The molecule has 2 aliphatic carbocycles. The summed E-state index contributed by atoms with van der Waals surface area (Å²) in [4.78, 5) is 13.7. The van der Waals surface area contributed by atoms with Crippen molar-refractivity contribution in [2.75, 3.05) is 0 Å². The first-order valence-corrected chi connectivity index (χ1v) is 11.3. The number of aromatic nitrogens is 5. The minimum Gasteiger partial charge on any atom is -0.443 e. The second-order valence-corrected chi connectivity index (χ2v) is 9.62. The first-order chi connectivity index (χ1) is 16.9. The molecular formula is C26H20F2N6O. The van der Waals surface area contributed by atoms with Crippen LogP contribution < -0.4 is 0 Å². The van der Waals surface area contributed by atoms with Crippen LogP contribution in [0.2, 0.25) is 0 Å². The Morgan fingerprint density at radius 3 is 2.69 bits per heavy atom. The fourth-order valence-electron chi connectivity index (χ4n) is 6.02. The third-order valence-electron chi connectivity index (χ3n) is 7.70. The lowest BCUT2D eigenvalue weighted by molar-refractivity contribution is 0.242. The molecule has 1 fully saturated rings. The maximum atomic E-state index is 14.5. The van der Waals surface area contributed by atoms with Gasteiger partial charge in [-0.1, -0.05) is 19.9 Å². The molecule has 9 heteroatoms. The van der Waals surface area contributed by atoms with Gasteiger partial charge in [0.1, 0.15) is 23.6 Å². The van der Waals surface area contributed by atoms with E-state index in [0.717, 1.165) is 29.8 Å². The molecule has 0 saturated heterocycles. The highest BCUT2D eigenvalue weighted by Crippen LogP contribution is 2.69. The lowest BCUT2D eigenvalue weighted by Crippen LogP contribution is -2.38. The predicted octanol–water partition coefficient (Wildman–Crippen LogP) is 5.14. The van der Waals surface area contributed by atoms with E-state index >= 15 is 0 Å². The van der Waals surface area contributed by atoms with E-state index in [0.29, 0.717) is 17.3 Å². The Kier molecular flexibility index (Phi) is 4.58. The molecule has 0 N–H and O–H groups in total. The largest absolute Gasteiger partial charge is 0.443 e. The van der Waals surface area contributed by atoms with Gasteiger partial charge in [-0.15, -0.1) is 5.10 Å². The van der Waals surface area contributed by atoms with Gasteiger partial charge in [0.15, 0.2) is 0 Å². The first kappa shape index (κ1) is 21.5. The van der Waals surface area contributed by atoms with Crippen molar-refractivity contribution in [2.45, 2.75) is 44.4 Å². The summed E-state index contributed by atoms with van der Waals surface area (Å²) >= 11 is 0. The Morgan fingerprint density at radius 1 is 1.11 bits per heavy atom. The quantitative estimate of drug-likeness (QED) is 0.407. The molecule has 3 heterocycles. The van der Waals surface area contributed by atoms with E-state index in [9.17, 15) is 8.78 Å². The summed E-state index contributed by atoms with van der Waals surface area (Å²) in [5.41, 5.74) is 2.57. The smallest absolute Gasteiger partial charge is 0.246 e. The second kappa shape index (κ2) is 7.47. The zero-order valence-corrected chi connectivity index (χ0v) is 19.1. The molecule has 0 aliphatic heterocycles. The molecule has 0 amide bonds. The molecule has 7 nitrogen and oxygen atoms in total. The van der Waals surface area contributed by atoms with Crippen LogP contribution in [0.3, 0.4) is 0 Å². The van der Waals surface area contributed by atoms with Crippen LogP contribution in [0.5, 0.6) is 0 Å². The summed E-state index contributed by atoms with van der Waals surface area (Å²) in [7, 11) is 0. The van der Waals surface area contributed by atoms with Crippen LogP contribution in [0.1, 0.15) is 55.3 Å². The molecule has 6 rings (SSSR count). The average Bonchev–Trinajstić information content (AvgIpc) is 3.47. The van der Waals surface area contributed by atoms with Crippen molar-refractivity contribution in [3.05, 3.63) is 77.2 Å². The van der Waals surface area contributed by atoms with Crippen molar-refractivity contribution < 1.29 is 13.2 Å². The SMILES string of the molecule is CC1(C)C2CC[C@]1(c1cncc(-c3nc(CC#N)co3)n1)c1nnc(-c3c(F)cccc3F)cc12. The van der Waals surface area contributed by atoms with Gasteiger partial charge in [0.2, 0.25) is 5.89 Å². The van der Waals surface area contributed by atoms with Crippen LogP contribution in [0.4, 0.5) is 8.78 Å². The van der Waals surface area contributed by atoms with E-state index < -0.39 is 17.0 Å². The number of rotatable bonds is 4. The summed E-state index contributed by atoms with van der Waals surface area (Å²) in [5, 5.41) is 17.7. The van der Waals surface area contributed by atoms with Gasteiger partial charge in [0.25, 0.3) is 0 Å². The van der Waals surface area contributed by atoms with E-state index in [2.05, 4.69) is 34.0 Å². The monoisotopic (exact) mass is 470 g/mol. The highest BCUT2D eigenvalue weighted by molar-refractivity contribution is 5.64. The molecule has 1 aromatic carbocycles. The predicted molar refractivity (Wildman–Crippen MR) is 121 cm³/mol. The van der Waals surface area contributed by atoms with E-state index in [-0.39, 0.29) is 29.0 Å². The van der Waals surface area contributed by atoms with Gasteiger partial charge < -0.3 is 4.42 Å². The van der Waals surface area contributed by atoms with Crippen LogP contribution in [-0.2, 0) is 11.8 Å². The fraction of sp³-hybridized carbons (Fsp3) is 0.308. The van der Waals surface area contributed by atoms with Crippen LogP contribution in [-0.4, -0.2) is 25.1 Å². The van der Waals surface area contributed by atoms with Gasteiger partial charge in [-0.3, -0.25) is 4.98 Å². The Balaban J connectivity index is 1.49. The number of halogens is 2. The highest BCUT2D eigenvalue weighted by Gasteiger charge is 2.65. The van der Waals surface area contributed by atoms with Crippen molar-refractivity contribution in [3.63, 3.8) is 0 Å². The van der Waals surface area contributed by atoms with Crippen molar-refractivity contribution in [1.82, 2.24) is 25.1 Å². The second-order valence-electron chi connectivity index (χ2n) is 9.62. The van der Waals surface area contributed by atoms with Crippen LogP contribution >= 0.6 is 0 Å². The molecule has 2 bridgehead atoms. The minimum absolute atomic E-state index is 0.121. The lowest BCUT2D eigenvalue weighted by Gasteiger charge is -2.37. The van der Waals surface area contributed by atoms with Crippen molar-refractivity contribution in [3.8, 4) is 28.9 Å². The van der Waals surface area contributed by atoms with E-state index in [1.54, 1.807) is 18.5 Å². The lowest BCUT2D eigenvalue weighted by atomic mass is 9.66. The molecule has 1 unspecified atom stereocenters. The van der Waals surface area contributed by atoms with Crippen molar-refractivity contribution in [2.24, 2.45) is 5.41 Å². The summed E-state index contributed by atoms with van der Waals surface area (Å²) in [5.74, 6) is -0.924. The molecule has 0 spiro atoms. The number of hydrogen-bond acceptors (Lipinski definition) is 7. The van der Waals surface area contributed by atoms with E-state index in [1.165, 1.54) is 24.5 Å². The van der Waals surface area contributed by atoms with Gasteiger partial charge in [0, 0.05) is 6.20 Å². The van der Waals surface area contributed by atoms with E-state index in [1.807, 2.05) is 6.07 Å². The zero-order valence-electron chi connectivity index (χ0n) is 19.1. The topological polar surface area (TPSA) is 101 Å². The summed E-state index contributed by atoms with van der Waals surface area (Å²) in [6.07, 6.45) is 6.57. The molecular weight excluding hydrogens is 450 g/mol. The van der Waals surface area contributed by atoms with Crippen LogP contribution in [0, 0.1) is 28.4 Å². The Labute approximate surface area is 199 Å². The Hall–Kier alpha value is -4.06. The zero-order chi connectivity index (χ0) is 24.4. The molecule has 2 aliphatic rings. The van der Waals surface area contributed by atoms with Gasteiger partial charge in [-0.05, 0) is 47.9 Å². The standard InChI is InChI=1S/C26H20F2N6O/c1-25(2)16-6-8-26(25,21-12-30-11-20(32-21)24-31-14(7-9-29)13-35-24)23-15(16)10-19(33-34-23)22-17(27)4-3-5-18(22)28/h3-5,10-13,16H,6-8H2,1-2H3/t16?,26-/m0/s1. The number of fused-ring (bicyclic) bond motifs is 5. The van der Waals surface area contributed by atoms with Crippen molar-refractivity contribution in [1.29, 1.82) is 5.26 Å². The third kappa shape index (κ3) is 2.89. The summed E-state index contributed by atoms with van der Waals surface area (Å²) < 4.78 is 34.5. The molecule has 4 aromatic rings. The number of hydrogen-bond donors (Lipinski definition) is 0. The third-order valence-corrected chi connectivity index (χ3v) is 7.70. The van der Waals surface area contributed by atoms with Gasteiger partial charge in [0.05, 0.1) is 52.4 Å². The van der Waals surface area contributed by atoms with E-state index in [4.69, 9.17) is 14.7 Å². The number of benzene rings is 1. The average molecular weight is 470 g/mol. The molecule has 3 aromatic heterocycles. The fourth-order valence-corrected chi connectivity index (χ4v) is 6.02. The molecule has 35 heavy (non-hydrogen) atoms. The number of oxazole rings is 1. The normalized spacial score (nSPS) is 21.6. The first-order valence-electron chi connectivity index (χ1n) is 11.3. The molecule has 174 valence electrons. The Morgan fingerprint density at radius 2 is 1.91 bits per heavy atom. The Bertz CT molecular complexity index is 1500. The van der Waals surface area contributed by atoms with Crippen LogP contribution in [0.15, 0.2) is 47.3 Å². The number of nitriles is 1. The van der Waals surface area contributed by atoms with Gasteiger partial charge in [-0.25, -0.2) is 18.7 Å². The van der Waals surface area contributed by atoms with Gasteiger partial charge >= 0.3 is 0 Å². The molecule has 2 atom stereocenters. The highest BCUT2D eigenvalue weighted by atomic mass is 19.1. The molecule has 0 radical (unpaired) electrons. The number of nitrogens with zero attached hydrogens (tertiary/aromatic N) is 6. The maximum Gasteiger partial charge on any atom is 0.246 e. The van der Waals surface area contributed by atoms with Crippen LogP contribution in [0.25, 0.3) is 22.8 Å². The van der Waals surface area contributed by atoms with Gasteiger partial charge in [-0.2, -0.15) is 10.4 Å². The minimum atomic E-state index is -0.670. The summed E-state index contributed by atoms with van der Waals surface area (Å²) in [6, 6.07) is 7.59. The summed E-state index contributed by atoms with van der Waals surface area (Å²) in [6.45, 7) is 4.33. The maximum absolute atomic E-state index is 14.5. The molecule has 1 saturated carbocycles.